The lowest BCUT2D eigenvalue weighted by Crippen LogP contribution is -2.60. The Bertz CT molecular complexity index is 405. The fourth-order valence-electron chi connectivity index (χ4n) is 1.82. The van der Waals surface area contributed by atoms with Crippen LogP contribution in [-0.2, 0) is 4.74 Å². The minimum Gasteiger partial charge on any atom is -0.508 e. The van der Waals surface area contributed by atoms with Crippen molar-refractivity contribution in [2.24, 2.45) is 0 Å². The zero-order valence-corrected chi connectivity index (χ0v) is 9.96. The van der Waals surface area contributed by atoms with Gasteiger partial charge in [-0.05, 0) is 24.3 Å². The summed E-state index contributed by atoms with van der Waals surface area (Å²) in [6, 6.07) is 5.69. The smallest absolute Gasteiger partial charge is 0.229 e. The molecule has 1 heterocycles. The maximum Gasteiger partial charge on any atom is 0.229 e. The van der Waals surface area contributed by atoms with Gasteiger partial charge in [0, 0.05) is 0 Å². The molecule has 0 unspecified atom stereocenters. The maximum atomic E-state index is 9.75. The third-order valence-corrected chi connectivity index (χ3v) is 2.94. The van der Waals surface area contributed by atoms with E-state index in [-0.39, 0.29) is 5.75 Å². The molecule has 19 heavy (non-hydrogen) atoms. The summed E-state index contributed by atoms with van der Waals surface area (Å²) in [6.07, 6.45) is -6.58. The van der Waals surface area contributed by atoms with Gasteiger partial charge in [0.15, 0.2) is 0 Å². The Hall–Kier alpha value is -1.38. The molecule has 1 aliphatic heterocycles. The van der Waals surface area contributed by atoms with E-state index in [2.05, 4.69) is 0 Å². The monoisotopic (exact) mass is 278 g/mol. The standard InChI is InChI=1S/C12H16O7/c13-5-8-9(15)10(16)11(17)12(19-8)18-7-3-1-6(14)2-4-7/h1-4,8-17H,5H2/t8-,9-,10+,11-,12-/m1/s1/i5+1,8+1,9+1,10+1,11+1,12+1. The number of ether oxygens (including phenoxy) is 2. The molecule has 0 aromatic heterocycles. The van der Waals surface area contributed by atoms with E-state index in [1.54, 1.807) is 0 Å². The van der Waals surface area contributed by atoms with Crippen molar-refractivity contribution >= 4 is 0 Å². The van der Waals surface area contributed by atoms with E-state index in [9.17, 15) is 15.3 Å². The zero-order chi connectivity index (χ0) is 14.0. The van der Waals surface area contributed by atoms with Crippen molar-refractivity contribution in [3.63, 3.8) is 0 Å². The number of phenolic OH excluding ortho intramolecular Hbond substituents is 1. The highest BCUT2D eigenvalue weighted by molar-refractivity contribution is 5.30. The largest absolute Gasteiger partial charge is 0.508 e. The molecule has 5 atom stereocenters. The highest BCUT2D eigenvalue weighted by Gasteiger charge is 2.44. The Kier molecular flexibility index (Phi) is 4.23. The van der Waals surface area contributed by atoms with Gasteiger partial charge in [-0.3, -0.25) is 0 Å². The number of rotatable bonds is 3. The summed E-state index contributed by atoms with van der Waals surface area (Å²) in [5.41, 5.74) is 0. The van der Waals surface area contributed by atoms with Gasteiger partial charge in [0.25, 0.3) is 0 Å². The minimum atomic E-state index is -1.48. The Balaban J connectivity index is 2.08. The van der Waals surface area contributed by atoms with Crippen molar-refractivity contribution in [3.05, 3.63) is 24.3 Å². The number of hydrogen-bond acceptors (Lipinski definition) is 7. The quantitative estimate of drug-likeness (QED) is 0.430. The summed E-state index contributed by atoms with van der Waals surface area (Å²) in [7, 11) is 0. The summed E-state index contributed by atoms with van der Waals surface area (Å²) in [6.45, 7) is -0.514. The highest BCUT2D eigenvalue weighted by atomic mass is 16.9. The molecule has 1 aromatic rings. The van der Waals surface area contributed by atoms with Gasteiger partial charge in [-0.2, -0.15) is 0 Å². The van der Waals surface area contributed by atoms with Crippen LogP contribution >= 0.6 is 0 Å². The van der Waals surface area contributed by atoms with Crippen LogP contribution in [0.4, 0.5) is 0 Å². The first kappa shape index (κ1) is 14.0. The normalized spacial score (nSPS) is 35.1. The molecule has 5 N–H and O–H groups in total. The number of benzene rings is 1. The van der Waals surface area contributed by atoms with Crippen LogP contribution in [0.1, 0.15) is 0 Å². The summed E-state index contributed by atoms with van der Waals surface area (Å²) < 4.78 is 10.5. The topological polar surface area (TPSA) is 120 Å². The first-order valence-electron chi connectivity index (χ1n) is 5.79. The van der Waals surface area contributed by atoms with Crippen LogP contribution in [0.15, 0.2) is 24.3 Å². The molecule has 0 amide bonds. The summed E-state index contributed by atoms with van der Waals surface area (Å²) in [5, 5.41) is 47.1. The van der Waals surface area contributed by atoms with Crippen LogP contribution < -0.4 is 4.74 Å². The van der Waals surface area contributed by atoms with Crippen LogP contribution in [0.3, 0.4) is 0 Å². The van der Waals surface area contributed by atoms with Crippen molar-refractivity contribution in [2.45, 2.75) is 30.7 Å². The van der Waals surface area contributed by atoms with Crippen LogP contribution in [0.25, 0.3) is 0 Å². The third kappa shape index (κ3) is 2.96. The Morgan fingerprint density at radius 1 is 1.00 bits per heavy atom. The second-order valence-corrected chi connectivity index (χ2v) is 4.31. The van der Waals surface area contributed by atoms with Gasteiger partial charge >= 0.3 is 0 Å². The fraction of sp³-hybridized carbons (Fsp3) is 0.500. The predicted octanol–water partition coefficient (Wildman–Crippen LogP) is -1.43. The molecular formula is C12H16O7. The van der Waals surface area contributed by atoms with E-state index in [1.165, 1.54) is 24.3 Å². The van der Waals surface area contributed by atoms with Gasteiger partial charge < -0.3 is 35.0 Å². The van der Waals surface area contributed by atoms with E-state index < -0.39 is 37.3 Å². The molecule has 0 bridgehead atoms. The Morgan fingerprint density at radius 2 is 1.63 bits per heavy atom. The molecule has 0 radical (unpaired) electrons. The van der Waals surface area contributed by atoms with Crippen LogP contribution in [0, 0.1) is 0 Å². The van der Waals surface area contributed by atoms with Crippen LogP contribution in [-0.4, -0.2) is 62.8 Å². The maximum absolute atomic E-state index is 9.75. The van der Waals surface area contributed by atoms with E-state index in [0.717, 1.165) is 0 Å². The van der Waals surface area contributed by atoms with E-state index in [4.69, 9.17) is 19.7 Å². The fourth-order valence-corrected chi connectivity index (χ4v) is 1.82. The predicted molar refractivity (Wildman–Crippen MR) is 62.5 cm³/mol. The van der Waals surface area contributed by atoms with Crippen molar-refractivity contribution in [3.8, 4) is 11.5 Å². The second kappa shape index (κ2) is 5.72. The van der Waals surface area contributed by atoms with Gasteiger partial charge in [-0.1, -0.05) is 0 Å². The van der Waals surface area contributed by atoms with Crippen molar-refractivity contribution in [1.29, 1.82) is 0 Å². The van der Waals surface area contributed by atoms with Gasteiger partial charge in [0.1, 0.15) is 35.9 Å². The zero-order valence-electron chi connectivity index (χ0n) is 9.96. The molecule has 1 aliphatic rings. The second-order valence-electron chi connectivity index (χ2n) is 4.31. The van der Waals surface area contributed by atoms with Gasteiger partial charge in [-0.25, -0.2) is 0 Å². The molecular weight excluding hydrogens is 262 g/mol. The SMILES string of the molecule is O[13CH2][13C@H]1O[13C@@H](Oc2ccc(O)cc2)[13C@H](O)[13C@@H](O)[13C@@H]1O. The number of aromatic hydroxyl groups is 1. The molecule has 0 spiro atoms. The molecule has 2 rings (SSSR count). The molecule has 0 aliphatic carbocycles. The summed E-state index contributed by atoms with van der Waals surface area (Å²) >= 11 is 0. The van der Waals surface area contributed by atoms with Crippen LogP contribution in [0.5, 0.6) is 11.5 Å². The lowest BCUT2D eigenvalue weighted by molar-refractivity contribution is -0.277. The Labute approximate surface area is 109 Å². The van der Waals surface area contributed by atoms with E-state index >= 15 is 0 Å². The average Bonchev–Trinajstić information content (AvgIpc) is 2.42. The molecule has 7 heteroatoms. The number of phenols is 1. The highest BCUT2D eigenvalue weighted by Crippen LogP contribution is 2.25. The van der Waals surface area contributed by atoms with Crippen molar-refractivity contribution in [1.82, 2.24) is 0 Å². The Morgan fingerprint density at radius 3 is 2.21 bits per heavy atom. The van der Waals surface area contributed by atoms with Gasteiger partial charge in [0.05, 0.1) is 6.61 Å². The molecule has 106 valence electrons. The lowest BCUT2D eigenvalue weighted by Gasteiger charge is -2.39. The van der Waals surface area contributed by atoms with Crippen LogP contribution in [0.2, 0.25) is 0 Å². The van der Waals surface area contributed by atoms with Gasteiger partial charge in [-0.15, -0.1) is 0 Å². The molecule has 1 aromatic carbocycles. The van der Waals surface area contributed by atoms with E-state index in [0.29, 0.717) is 5.75 Å². The summed E-state index contributed by atoms with van der Waals surface area (Å²) in [5.74, 6) is 0.364. The van der Waals surface area contributed by atoms with Gasteiger partial charge in [0.2, 0.25) is 6.29 Å². The van der Waals surface area contributed by atoms with Crippen molar-refractivity contribution in [2.75, 3.05) is 6.61 Å². The number of hydrogen-bond donors (Lipinski definition) is 5. The number of aliphatic hydroxyl groups is 4. The van der Waals surface area contributed by atoms with E-state index in [1.807, 2.05) is 0 Å². The molecule has 7 nitrogen and oxygen atoms in total. The molecule has 1 saturated heterocycles. The lowest BCUT2D eigenvalue weighted by atomic mass is 10.3. The minimum absolute atomic E-state index is 0.0566. The number of aliphatic hydroxyl groups excluding tert-OH is 4. The average molecular weight is 278 g/mol. The first-order valence-corrected chi connectivity index (χ1v) is 5.79. The summed E-state index contributed by atoms with van der Waals surface area (Å²) in [4.78, 5) is 0. The molecule has 1 fully saturated rings. The van der Waals surface area contributed by atoms with Crippen molar-refractivity contribution < 1.29 is 35.0 Å². The molecule has 0 saturated carbocycles. The first-order chi connectivity index (χ1) is 9.02. The third-order valence-electron chi connectivity index (χ3n) is 2.94.